The molecule has 0 bridgehead atoms. The van der Waals surface area contributed by atoms with Crippen LogP contribution in [0.2, 0.25) is 5.02 Å². The molecule has 1 heterocycles. The molecule has 1 amide bonds. The Labute approximate surface area is 183 Å². The van der Waals surface area contributed by atoms with Gasteiger partial charge in [0.2, 0.25) is 0 Å². The minimum absolute atomic E-state index is 0.0748. The molecule has 4 N–H and O–H groups in total. The summed E-state index contributed by atoms with van der Waals surface area (Å²) in [4.78, 5) is 16.3. The third-order valence-electron chi connectivity index (χ3n) is 4.03. The second-order valence-electron chi connectivity index (χ2n) is 6.19. The summed E-state index contributed by atoms with van der Waals surface area (Å²) in [6.45, 7) is 1.70. The van der Waals surface area contributed by atoms with Crippen LogP contribution in [0.4, 0.5) is 21.6 Å². The van der Waals surface area contributed by atoms with Gasteiger partial charge in [0.1, 0.15) is 10.8 Å². The number of hydrazone groups is 1. The number of hydrogen-bond donors (Lipinski definition) is 3. The highest BCUT2D eigenvalue weighted by molar-refractivity contribution is 6.34. The van der Waals surface area contributed by atoms with Crippen LogP contribution >= 0.6 is 11.6 Å². The van der Waals surface area contributed by atoms with Crippen molar-refractivity contribution in [1.29, 1.82) is 0 Å². The van der Waals surface area contributed by atoms with Gasteiger partial charge in [-0.15, -0.1) is 0 Å². The van der Waals surface area contributed by atoms with Gasteiger partial charge in [0, 0.05) is 24.0 Å². The summed E-state index contributed by atoms with van der Waals surface area (Å²) in [5, 5.41) is 6.74. The highest BCUT2D eigenvalue weighted by Crippen LogP contribution is 2.33. The number of amides is 1. The van der Waals surface area contributed by atoms with E-state index in [2.05, 4.69) is 20.8 Å². The maximum absolute atomic E-state index is 14.5. The van der Waals surface area contributed by atoms with Gasteiger partial charge >= 0.3 is 0 Å². The molecule has 3 rings (SSSR count). The van der Waals surface area contributed by atoms with Crippen LogP contribution in [0.1, 0.15) is 6.92 Å². The number of nitrogens with zero attached hydrogens (tertiary/aromatic N) is 2. The number of nitrogen functional groups attached to an aromatic ring is 1. The molecule has 158 valence electrons. The van der Waals surface area contributed by atoms with Crippen molar-refractivity contribution >= 4 is 40.9 Å². The first-order valence-electron chi connectivity index (χ1n) is 9.17. The summed E-state index contributed by atoms with van der Waals surface area (Å²) >= 11 is 6.01. The molecule has 0 fully saturated rings. The summed E-state index contributed by atoms with van der Waals surface area (Å²) in [6, 6.07) is 14.8. The van der Waals surface area contributed by atoms with Gasteiger partial charge in [-0.1, -0.05) is 35.9 Å². The zero-order chi connectivity index (χ0) is 22.2. The number of carbonyl (C=O) groups is 1. The predicted octanol–water partition coefficient (Wildman–Crippen LogP) is 5.23. The van der Waals surface area contributed by atoms with Gasteiger partial charge in [0.25, 0.3) is 5.91 Å². The average Bonchev–Trinajstić information content (AvgIpc) is 2.77. The van der Waals surface area contributed by atoms with Gasteiger partial charge in [-0.25, -0.2) is 9.37 Å². The van der Waals surface area contributed by atoms with Crippen LogP contribution in [-0.4, -0.2) is 17.1 Å². The Kier molecular flexibility index (Phi) is 7.18. The summed E-state index contributed by atoms with van der Waals surface area (Å²) in [7, 11) is 0. The molecule has 7 nitrogen and oxygen atoms in total. The molecule has 31 heavy (non-hydrogen) atoms. The number of benzene rings is 2. The third-order valence-corrected chi connectivity index (χ3v) is 4.41. The Morgan fingerprint density at radius 2 is 1.94 bits per heavy atom. The summed E-state index contributed by atoms with van der Waals surface area (Å²) in [5.41, 5.74) is 9.76. The van der Waals surface area contributed by atoms with Crippen molar-refractivity contribution in [2.24, 2.45) is 5.10 Å². The van der Waals surface area contributed by atoms with Crippen molar-refractivity contribution in [2.75, 3.05) is 16.5 Å². The summed E-state index contributed by atoms with van der Waals surface area (Å²) < 4.78 is 19.9. The largest absolute Gasteiger partial charge is 0.453 e. The summed E-state index contributed by atoms with van der Waals surface area (Å²) in [6.07, 6.45) is 4.37. The second-order valence-corrected chi connectivity index (χ2v) is 6.57. The molecular formula is C22H19ClFN5O2. The molecule has 3 aromatic rings. The third kappa shape index (κ3) is 5.80. The predicted molar refractivity (Wildman–Crippen MR) is 121 cm³/mol. The van der Waals surface area contributed by atoms with E-state index in [0.717, 1.165) is 11.8 Å². The number of rotatable bonds is 7. The Hall–Kier alpha value is -3.91. The Morgan fingerprint density at radius 3 is 2.65 bits per heavy atom. The fraction of sp³-hybridized carbons (Fsp3) is 0.0455. The van der Waals surface area contributed by atoms with Crippen molar-refractivity contribution in [1.82, 2.24) is 4.98 Å². The van der Waals surface area contributed by atoms with E-state index in [9.17, 15) is 9.18 Å². The molecule has 0 aliphatic carbocycles. The van der Waals surface area contributed by atoms with Crippen molar-refractivity contribution in [2.45, 2.75) is 6.92 Å². The Balaban J connectivity index is 1.65. The van der Waals surface area contributed by atoms with Crippen LogP contribution in [0.5, 0.6) is 11.5 Å². The fourth-order valence-electron chi connectivity index (χ4n) is 2.46. The van der Waals surface area contributed by atoms with Gasteiger partial charge in [-0.05, 0) is 31.2 Å². The number of ether oxygens (including phenoxy) is 1. The second kappa shape index (κ2) is 10.2. The van der Waals surface area contributed by atoms with Crippen LogP contribution in [0, 0.1) is 5.82 Å². The van der Waals surface area contributed by atoms with E-state index in [-0.39, 0.29) is 28.0 Å². The molecule has 0 unspecified atom stereocenters. The van der Waals surface area contributed by atoms with Gasteiger partial charge in [-0.3, -0.25) is 10.2 Å². The van der Waals surface area contributed by atoms with Crippen LogP contribution in [0.15, 0.2) is 77.5 Å². The highest BCUT2D eigenvalue weighted by atomic mass is 35.5. The molecule has 0 spiro atoms. The van der Waals surface area contributed by atoms with Gasteiger partial charge in [0.15, 0.2) is 17.3 Å². The number of nitrogens with one attached hydrogen (secondary N) is 2. The number of para-hydroxylation sites is 1. The zero-order valence-corrected chi connectivity index (χ0v) is 17.2. The van der Waals surface area contributed by atoms with Gasteiger partial charge in [-0.2, -0.15) is 5.10 Å². The van der Waals surface area contributed by atoms with E-state index in [1.165, 1.54) is 30.6 Å². The lowest BCUT2D eigenvalue weighted by atomic mass is 10.2. The standard InChI is InChI=1S/C22H19ClFN5O2/c1-2-14(13-27-29-15-6-4-3-5-7-15)22(30)28-16-8-9-18(17(24)12-16)31-19-10-11-26-21(25)20(19)23/h2-13,29H,1H3,(H2,25,26)(H,28,30)/b14-2+,27-13-. The van der Waals surface area contributed by atoms with Crippen LogP contribution < -0.4 is 21.2 Å². The van der Waals surface area contributed by atoms with E-state index >= 15 is 0 Å². The van der Waals surface area contributed by atoms with Crippen LogP contribution in [0.3, 0.4) is 0 Å². The lowest BCUT2D eigenvalue weighted by Crippen LogP contribution is -2.15. The molecule has 0 saturated heterocycles. The van der Waals surface area contributed by atoms with E-state index in [4.69, 9.17) is 22.1 Å². The SMILES string of the molecule is C/C=C(\C=N/Nc1ccccc1)C(=O)Nc1ccc(Oc2ccnc(N)c2Cl)c(F)c1. The van der Waals surface area contributed by atoms with E-state index in [1.54, 1.807) is 13.0 Å². The molecule has 2 aromatic carbocycles. The van der Waals surface area contributed by atoms with Crippen molar-refractivity contribution in [3.8, 4) is 11.5 Å². The first kappa shape index (κ1) is 21.8. The normalized spacial score (nSPS) is 11.4. The van der Waals surface area contributed by atoms with Crippen molar-refractivity contribution in [3.05, 3.63) is 83.3 Å². The van der Waals surface area contributed by atoms with E-state index < -0.39 is 11.7 Å². The lowest BCUT2D eigenvalue weighted by Gasteiger charge is -2.11. The molecule has 1 aromatic heterocycles. The fourth-order valence-corrected chi connectivity index (χ4v) is 2.61. The number of pyridine rings is 1. The van der Waals surface area contributed by atoms with Crippen LogP contribution in [0.25, 0.3) is 0 Å². The number of halogens is 2. The highest BCUT2D eigenvalue weighted by Gasteiger charge is 2.13. The quantitative estimate of drug-likeness (QED) is 0.266. The molecular weight excluding hydrogens is 421 g/mol. The van der Waals surface area contributed by atoms with Crippen LogP contribution in [-0.2, 0) is 4.79 Å². The average molecular weight is 440 g/mol. The smallest absolute Gasteiger partial charge is 0.256 e. The number of aromatic nitrogens is 1. The monoisotopic (exact) mass is 439 g/mol. The van der Waals surface area contributed by atoms with Gasteiger partial charge < -0.3 is 15.8 Å². The minimum atomic E-state index is -0.689. The van der Waals surface area contributed by atoms with E-state index in [1.807, 2.05) is 30.3 Å². The summed E-state index contributed by atoms with van der Waals surface area (Å²) in [5.74, 6) is -0.968. The van der Waals surface area contributed by atoms with Crippen molar-refractivity contribution < 1.29 is 13.9 Å². The van der Waals surface area contributed by atoms with Crippen molar-refractivity contribution in [3.63, 3.8) is 0 Å². The molecule has 0 radical (unpaired) electrons. The molecule has 0 aliphatic heterocycles. The molecule has 0 atom stereocenters. The minimum Gasteiger partial charge on any atom is -0.453 e. The number of hydrogen-bond acceptors (Lipinski definition) is 6. The number of nitrogens with two attached hydrogens (primary N) is 1. The maximum atomic E-state index is 14.5. The van der Waals surface area contributed by atoms with E-state index in [0.29, 0.717) is 5.57 Å². The van der Waals surface area contributed by atoms with Gasteiger partial charge in [0.05, 0.1) is 17.5 Å². The number of carbonyl (C=O) groups excluding carboxylic acids is 1. The first-order chi connectivity index (χ1) is 15.0. The number of allylic oxidation sites excluding steroid dienone is 1. The Bertz CT molecular complexity index is 1140. The first-order valence-corrected chi connectivity index (χ1v) is 9.55. The molecule has 0 saturated carbocycles. The maximum Gasteiger partial charge on any atom is 0.256 e. The lowest BCUT2D eigenvalue weighted by molar-refractivity contribution is -0.112. The number of anilines is 3. The topological polar surface area (TPSA) is 102 Å². The molecule has 0 aliphatic rings. The Morgan fingerprint density at radius 1 is 1.16 bits per heavy atom. The molecule has 9 heteroatoms. The zero-order valence-electron chi connectivity index (χ0n) is 16.5.